The minimum atomic E-state index is 0.608. The lowest BCUT2D eigenvalue weighted by atomic mass is 10.3. The Kier molecular flexibility index (Phi) is 1.97. The first-order valence-corrected chi connectivity index (χ1v) is 4.09. The molecule has 1 aromatic carbocycles. The molecule has 0 aliphatic carbocycles. The number of aromatic nitrogens is 3. The summed E-state index contributed by atoms with van der Waals surface area (Å²) >= 11 is 0. The fourth-order valence-corrected chi connectivity index (χ4v) is 1.19. The van der Waals surface area contributed by atoms with Crippen molar-refractivity contribution in [3.05, 3.63) is 24.3 Å². The Bertz CT molecular complexity index is 473. The molecule has 0 aliphatic rings. The summed E-state index contributed by atoms with van der Waals surface area (Å²) in [5.74, 6) is 5.79. The number of hydrogen-bond donors (Lipinski definition) is 0. The van der Waals surface area contributed by atoms with Gasteiger partial charge in [0, 0.05) is 0 Å². The molecule has 0 aliphatic heterocycles. The Morgan fingerprint density at radius 3 is 3.08 bits per heavy atom. The van der Waals surface area contributed by atoms with Gasteiger partial charge in [0.05, 0.1) is 5.52 Å². The van der Waals surface area contributed by atoms with Gasteiger partial charge in [0.2, 0.25) is 0 Å². The molecule has 1 aromatic heterocycles. The zero-order chi connectivity index (χ0) is 9.10. The molecule has 2 rings (SSSR count). The van der Waals surface area contributed by atoms with Crippen molar-refractivity contribution in [1.29, 1.82) is 0 Å². The van der Waals surface area contributed by atoms with Crippen molar-refractivity contribution < 1.29 is 0 Å². The fraction of sp³-hybridized carbons (Fsp3) is 0.200. The first-order chi connectivity index (χ1) is 6.42. The number of hydrogen-bond acceptors (Lipinski definition) is 2. The summed E-state index contributed by atoms with van der Waals surface area (Å²) in [7, 11) is 0. The molecule has 13 heavy (non-hydrogen) atoms. The van der Waals surface area contributed by atoms with E-state index in [9.17, 15) is 0 Å². The predicted molar refractivity (Wildman–Crippen MR) is 51.0 cm³/mol. The van der Waals surface area contributed by atoms with Gasteiger partial charge in [0.15, 0.2) is 0 Å². The topological polar surface area (TPSA) is 30.7 Å². The van der Waals surface area contributed by atoms with E-state index in [1.807, 2.05) is 31.2 Å². The third kappa shape index (κ3) is 1.38. The van der Waals surface area contributed by atoms with Crippen LogP contribution in [-0.4, -0.2) is 15.0 Å². The van der Waals surface area contributed by atoms with E-state index >= 15 is 0 Å². The lowest BCUT2D eigenvalue weighted by Crippen LogP contribution is -1.97. The van der Waals surface area contributed by atoms with Crippen molar-refractivity contribution in [2.24, 2.45) is 0 Å². The van der Waals surface area contributed by atoms with Gasteiger partial charge in [0.1, 0.15) is 12.1 Å². The van der Waals surface area contributed by atoms with Crippen LogP contribution in [0.1, 0.15) is 6.92 Å². The van der Waals surface area contributed by atoms with E-state index in [-0.39, 0.29) is 0 Å². The van der Waals surface area contributed by atoms with Gasteiger partial charge >= 0.3 is 0 Å². The Morgan fingerprint density at radius 2 is 2.23 bits per heavy atom. The summed E-state index contributed by atoms with van der Waals surface area (Å²) in [6, 6.07) is 7.86. The van der Waals surface area contributed by atoms with Gasteiger partial charge in [-0.05, 0) is 19.1 Å². The molecule has 0 atom stereocenters. The second-order valence-electron chi connectivity index (χ2n) is 2.66. The Labute approximate surface area is 76.4 Å². The van der Waals surface area contributed by atoms with Crippen LogP contribution < -0.4 is 0 Å². The Morgan fingerprint density at radius 1 is 1.38 bits per heavy atom. The first-order valence-electron chi connectivity index (χ1n) is 4.09. The summed E-state index contributed by atoms with van der Waals surface area (Å²) in [4.78, 5) is 0. The van der Waals surface area contributed by atoms with E-state index < -0.39 is 0 Å². The molecule has 2 aromatic rings. The Hall–Kier alpha value is -1.82. The van der Waals surface area contributed by atoms with Crippen LogP contribution in [0.25, 0.3) is 11.0 Å². The number of para-hydroxylation sites is 1. The molecule has 0 N–H and O–H groups in total. The number of nitrogens with zero attached hydrogens (tertiary/aromatic N) is 3. The van der Waals surface area contributed by atoms with E-state index in [1.54, 1.807) is 4.68 Å². The molecule has 0 saturated heterocycles. The number of rotatable bonds is 1. The highest BCUT2D eigenvalue weighted by Gasteiger charge is 1.99. The lowest BCUT2D eigenvalue weighted by molar-refractivity contribution is 0.693. The monoisotopic (exact) mass is 171 g/mol. The maximum atomic E-state index is 4.02. The van der Waals surface area contributed by atoms with Crippen LogP contribution in [0.15, 0.2) is 24.3 Å². The standard InChI is InChI=1S/C10H9N3/c1-2-3-8-13-10-7-5-4-6-9(10)11-12-13/h4-7H,8H2,1H3. The minimum absolute atomic E-state index is 0.608. The molecule has 0 amide bonds. The highest BCUT2D eigenvalue weighted by molar-refractivity contribution is 5.73. The summed E-state index contributed by atoms with van der Waals surface area (Å²) < 4.78 is 1.80. The van der Waals surface area contributed by atoms with Crippen LogP contribution in [0, 0.1) is 11.8 Å². The zero-order valence-corrected chi connectivity index (χ0v) is 7.36. The SMILES string of the molecule is CC#CCn1nnc2ccccc21. The van der Waals surface area contributed by atoms with Gasteiger partial charge in [-0.2, -0.15) is 0 Å². The van der Waals surface area contributed by atoms with Gasteiger partial charge in [0.25, 0.3) is 0 Å². The highest BCUT2D eigenvalue weighted by atomic mass is 15.4. The molecule has 0 spiro atoms. The van der Waals surface area contributed by atoms with E-state index in [2.05, 4.69) is 22.2 Å². The van der Waals surface area contributed by atoms with Crippen molar-refractivity contribution in [3.8, 4) is 11.8 Å². The highest BCUT2D eigenvalue weighted by Crippen LogP contribution is 2.08. The van der Waals surface area contributed by atoms with Gasteiger partial charge in [-0.1, -0.05) is 23.3 Å². The van der Waals surface area contributed by atoms with Crippen LogP contribution in [0.3, 0.4) is 0 Å². The van der Waals surface area contributed by atoms with E-state index in [1.165, 1.54) is 0 Å². The molecule has 0 unspecified atom stereocenters. The smallest absolute Gasteiger partial charge is 0.113 e. The van der Waals surface area contributed by atoms with E-state index in [0.29, 0.717) is 6.54 Å². The molecule has 0 bridgehead atoms. The minimum Gasteiger partial charge on any atom is -0.233 e. The third-order valence-corrected chi connectivity index (χ3v) is 1.83. The van der Waals surface area contributed by atoms with Crippen LogP contribution in [0.5, 0.6) is 0 Å². The molecule has 1 heterocycles. The maximum Gasteiger partial charge on any atom is 0.113 e. The summed E-state index contributed by atoms with van der Waals surface area (Å²) in [6.45, 7) is 2.43. The first kappa shape index (κ1) is 7.81. The molecule has 3 nitrogen and oxygen atoms in total. The van der Waals surface area contributed by atoms with Crippen molar-refractivity contribution in [1.82, 2.24) is 15.0 Å². The predicted octanol–water partition coefficient (Wildman–Crippen LogP) is 1.45. The fourth-order valence-electron chi connectivity index (χ4n) is 1.19. The summed E-state index contributed by atoms with van der Waals surface area (Å²) in [6.07, 6.45) is 0. The average molecular weight is 171 g/mol. The van der Waals surface area contributed by atoms with Crippen molar-refractivity contribution in [2.75, 3.05) is 0 Å². The van der Waals surface area contributed by atoms with Crippen LogP contribution in [0.2, 0.25) is 0 Å². The van der Waals surface area contributed by atoms with Crippen molar-refractivity contribution in [3.63, 3.8) is 0 Å². The largest absolute Gasteiger partial charge is 0.233 e. The molecular formula is C10H9N3. The second kappa shape index (κ2) is 3.28. The zero-order valence-electron chi connectivity index (χ0n) is 7.36. The molecule has 64 valence electrons. The average Bonchev–Trinajstić information content (AvgIpc) is 2.58. The van der Waals surface area contributed by atoms with E-state index in [4.69, 9.17) is 0 Å². The maximum absolute atomic E-state index is 4.02. The normalized spacial score (nSPS) is 9.62. The molecular weight excluding hydrogens is 162 g/mol. The van der Waals surface area contributed by atoms with Crippen molar-refractivity contribution in [2.45, 2.75) is 13.5 Å². The van der Waals surface area contributed by atoms with E-state index in [0.717, 1.165) is 11.0 Å². The third-order valence-electron chi connectivity index (χ3n) is 1.83. The van der Waals surface area contributed by atoms with Gasteiger partial charge in [-0.15, -0.1) is 11.0 Å². The number of benzene rings is 1. The summed E-state index contributed by atoms with van der Waals surface area (Å²) in [5, 5.41) is 8.01. The van der Waals surface area contributed by atoms with Crippen molar-refractivity contribution >= 4 is 11.0 Å². The Balaban J connectivity index is 2.49. The van der Waals surface area contributed by atoms with Gasteiger partial charge in [-0.25, -0.2) is 4.68 Å². The molecule has 0 fully saturated rings. The lowest BCUT2D eigenvalue weighted by Gasteiger charge is -1.93. The molecule has 3 heteroatoms. The summed E-state index contributed by atoms with van der Waals surface area (Å²) in [5.41, 5.74) is 1.95. The molecule has 0 radical (unpaired) electrons. The van der Waals surface area contributed by atoms with Crippen LogP contribution >= 0.6 is 0 Å². The van der Waals surface area contributed by atoms with Gasteiger partial charge in [-0.3, -0.25) is 0 Å². The van der Waals surface area contributed by atoms with Gasteiger partial charge < -0.3 is 0 Å². The number of fused-ring (bicyclic) bond motifs is 1. The van der Waals surface area contributed by atoms with Crippen LogP contribution in [-0.2, 0) is 6.54 Å². The molecule has 0 saturated carbocycles. The quantitative estimate of drug-likeness (QED) is 0.608. The second-order valence-corrected chi connectivity index (χ2v) is 2.66. The van der Waals surface area contributed by atoms with Crippen LogP contribution in [0.4, 0.5) is 0 Å².